The van der Waals surface area contributed by atoms with Gasteiger partial charge in [-0.3, -0.25) is 9.78 Å². The van der Waals surface area contributed by atoms with Crippen LogP contribution in [0.3, 0.4) is 0 Å². The van der Waals surface area contributed by atoms with Crippen LogP contribution in [-0.2, 0) is 10.2 Å². The number of nitrogens with zero attached hydrogens (tertiary/aromatic N) is 3. The number of fused-ring (bicyclic) bond motifs is 1. The molecule has 3 aliphatic rings. The van der Waals surface area contributed by atoms with Crippen molar-refractivity contribution in [2.45, 2.75) is 37.0 Å². The minimum Gasteiger partial charge on any atom is -0.310 e. The zero-order chi connectivity index (χ0) is 19.6. The highest BCUT2D eigenvalue weighted by atomic mass is 16.2. The number of carbonyl (C=O) groups excluding carboxylic acids is 1. The largest absolute Gasteiger partial charge is 0.310 e. The van der Waals surface area contributed by atoms with Gasteiger partial charge < -0.3 is 5.32 Å². The highest BCUT2D eigenvalue weighted by Gasteiger charge is 2.75. The second-order valence-corrected chi connectivity index (χ2v) is 8.83. The molecule has 2 heterocycles. The molecule has 0 radical (unpaired) electrons. The summed E-state index contributed by atoms with van der Waals surface area (Å²) in [5.41, 5.74) is 2.15. The van der Waals surface area contributed by atoms with E-state index < -0.39 is 0 Å². The average Bonchev–Trinajstić information content (AvgIpc) is 3.66. The van der Waals surface area contributed by atoms with Crippen LogP contribution < -0.4 is 5.32 Å². The molecule has 1 aromatic carbocycles. The van der Waals surface area contributed by atoms with Gasteiger partial charge in [0.2, 0.25) is 5.91 Å². The van der Waals surface area contributed by atoms with Crippen LogP contribution in [0.4, 0.5) is 5.82 Å². The minimum absolute atomic E-state index is 0.00878. The Hall–Kier alpha value is -3.26. The molecule has 5 nitrogen and oxygen atoms in total. The Kier molecular flexibility index (Phi) is 3.24. The van der Waals surface area contributed by atoms with Gasteiger partial charge in [-0.15, -0.1) is 0 Å². The molecule has 29 heavy (non-hydrogen) atoms. The lowest BCUT2D eigenvalue weighted by atomic mass is 9.92. The fourth-order valence-electron chi connectivity index (χ4n) is 4.99. The molecular weight excluding hydrogens is 360 g/mol. The Morgan fingerprint density at radius 3 is 2.79 bits per heavy atom. The van der Waals surface area contributed by atoms with Gasteiger partial charge in [-0.2, -0.15) is 5.26 Å². The number of nitriles is 1. The van der Waals surface area contributed by atoms with Crippen LogP contribution in [0, 0.1) is 22.7 Å². The molecular formula is C24H20N4O. The van der Waals surface area contributed by atoms with Crippen LogP contribution in [0.5, 0.6) is 0 Å². The molecule has 1 N–H and O–H groups in total. The van der Waals surface area contributed by atoms with Gasteiger partial charge in [0.05, 0.1) is 11.5 Å². The molecule has 3 saturated carbocycles. The number of nitrogens with one attached hydrogen (secondary N) is 1. The molecule has 1 amide bonds. The maximum Gasteiger partial charge on any atom is 0.229 e. The van der Waals surface area contributed by atoms with Gasteiger partial charge in [0.25, 0.3) is 0 Å². The van der Waals surface area contributed by atoms with E-state index in [2.05, 4.69) is 33.5 Å². The van der Waals surface area contributed by atoms with Gasteiger partial charge in [-0.05, 0) is 71.7 Å². The maximum atomic E-state index is 12.7. The predicted molar refractivity (Wildman–Crippen MR) is 109 cm³/mol. The maximum absolute atomic E-state index is 12.7. The van der Waals surface area contributed by atoms with E-state index >= 15 is 0 Å². The number of benzene rings is 1. The molecule has 6 rings (SSSR count). The van der Waals surface area contributed by atoms with Crippen molar-refractivity contribution in [1.29, 1.82) is 5.26 Å². The summed E-state index contributed by atoms with van der Waals surface area (Å²) in [7, 11) is 0. The fraction of sp³-hybridized carbons (Fsp3) is 0.333. The number of hydrogen-bond acceptors (Lipinski definition) is 4. The van der Waals surface area contributed by atoms with Gasteiger partial charge >= 0.3 is 0 Å². The second-order valence-electron chi connectivity index (χ2n) is 8.83. The first-order valence-electron chi connectivity index (χ1n) is 10.2. The molecule has 2 aromatic heterocycles. The summed E-state index contributed by atoms with van der Waals surface area (Å²) >= 11 is 0. The molecule has 0 saturated heterocycles. The van der Waals surface area contributed by atoms with Crippen LogP contribution >= 0.6 is 0 Å². The summed E-state index contributed by atoms with van der Waals surface area (Å²) in [5.74, 6) is 0.802. The molecule has 3 aromatic rings. The van der Waals surface area contributed by atoms with Crippen LogP contribution in [0.1, 0.15) is 42.7 Å². The van der Waals surface area contributed by atoms with Crippen molar-refractivity contribution < 1.29 is 4.79 Å². The second kappa shape index (κ2) is 5.64. The Morgan fingerprint density at radius 1 is 1.17 bits per heavy atom. The zero-order valence-electron chi connectivity index (χ0n) is 15.9. The lowest BCUT2D eigenvalue weighted by Gasteiger charge is -2.11. The van der Waals surface area contributed by atoms with E-state index in [0.717, 1.165) is 47.6 Å². The van der Waals surface area contributed by atoms with Crippen molar-refractivity contribution in [2.75, 3.05) is 5.32 Å². The SMILES string of the molecule is N#C[C@@]1(c2ccc3cnc(NC(=O)[C@H]4C[C@@H]4c4cccnc4)cc3c2)CC12CC2. The molecule has 142 valence electrons. The number of aromatic nitrogens is 2. The van der Waals surface area contributed by atoms with Crippen molar-refractivity contribution in [1.82, 2.24) is 9.97 Å². The molecule has 5 heteroatoms. The van der Waals surface area contributed by atoms with Crippen molar-refractivity contribution in [3.05, 3.63) is 66.1 Å². The van der Waals surface area contributed by atoms with Crippen LogP contribution in [0.25, 0.3) is 10.8 Å². The fourth-order valence-corrected chi connectivity index (χ4v) is 4.99. The Labute approximate surface area is 168 Å². The van der Waals surface area contributed by atoms with E-state index in [4.69, 9.17) is 0 Å². The number of rotatable bonds is 4. The van der Waals surface area contributed by atoms with Crippen molar-refractivity contribution in [2.24, 2.45) is 11.3 Å². The molecule has 1 spiro atoms. The smallest absolute Gasteiger partial charge is 0.229 e. The topological polar surface area (TPSA) is 78.7 Å². The van der Waals surface area contributed by atoms with Gasteiger partial charge in [0.1, 0.15) is 5.82 Å². The van der Waals surface area contributed by atoms with Crippen molar-refractivity contribution in [3.8, 4) is 6.07 Å². The molecule has 3 aliphatic carbocycles. The lowest BCUT2D eigenvalue weighted by Crippen LogP contribution is -2.15. The number of carbonyl (C=O) groups is 1. The van der Waals surface area contributed by atoms with Gasteiger partial charge in [0, 0.05) is 29.9 Å². The van der Waals surface area contributed by atoms with E-state index in [1.807, 2.05) is 30.5 Å². The Morgan fingerprint density at radius 2 is 2.07 bits per heavy atom. The standard InChI is InChI=1S/C24H20N4O/c25-14-24(13-23(24)5-6-23)18-4-3-15-12-27-21(9-17(15)8-18)28-22(29)20-10-19(20)16-2-1-7-26-11-16/h1-4,7-9,11-12,19-20H,5-6,10,13H2,(H,27,28,29)/t19-,20+,24-/m1/s1. The third-order valence-corrected chi connectivity index (χ3v) is 7.13. The normalized spacial score (nSPS) is 28.0. The van der Waals surface area contributed by atoms with E-state index in [9.17, 15) is 10.1 Å². The summed E-state index contributed by atoms with van der Waals surface area (Å²) in [6, 6.07) is 14.7. The molecule has 0 unspecified atom stereocenters. The summed E-state index contributed by atoms with van der Waals surface area (Å²) in [6.07, 6.45) is 9.53. The predicted octanol–water partition coefficient (Wildman–Crippen LogP) is 4.32. The van der Waals surface area contributed by atoms with Gasteiger partial charge in [0.15, 0.2) is 0 Å². The molecule has 0 aliphatic heterocycles. The number of anilines is 1. The van der Waals surface area contributed by atoms with Crippen LogP contribution in [-0.4, -0.2) is 15.9 Å². The number of amides is 1. The number of pyridine rings is 2. The first-order chi connectivity index (χ1) is 14.1. The van der Waals surface area contributed by atoms with Crippen LogP contribution in [0.2, 0.25) is 0 Å². The molecule has 0 bridgehead atoms. The van der Waals surface area contributed by atoms with Crippen molar-refractivity contribution >= 4 is 22.5 Å². The molecule has 3 fully saturated rings. The zero-order valence-corrected chi connectivity index (χ0v) is 15.9. The van der Waals surface area contributed by atoms with Gasteiger partial charge in [-0.25, -0.2) is 4.98 Å². The monoisotopic (exact) mass is 380 g/mol. The van der Waals surface area contributed by atoms with E-state index in [1.54, 1.807) is 12.4 Å². The van der Waals surface area contributed by atoms with Crippen LogP contribution in [0.15, 0.2) is 55.0 Å². The van der Waals surface area contributed by atoms with E-state index in [0.29, 0.717) is 5.82 Å². The van der Waals surface area contributed by atoms with Crippen molar-refractivity contribution in [3.63, 3.8) is 0 Å². The lowest BCUT2D eigenvalue weighted by molar-refractivity contribution is -0.117. The quantitative estimate of drug-likeness (QED) is 0.731. The minimum atomic E-state index is -0.307. The third-order valence-electron chi connectivity index (χ3n) is 7.13. The summed E-state index contributed by atoms with van der Waals surface area (Å²) in [5, 5.41) is 14.8. The van der Waals surface area contributed by atoms with Gasteiger partial charge in [-0.1, -0.05) is 18.2 Å². The Bertz CT molecular complexity index is 1190. The highest BCUT2D eigenvalue weighted by molar-refractivity contribution is 5.96. The summed E-state index contributed by atoms with van der Waals surface area (Å²) in [6.45, 7) is 0. The average molecular weight is 380 g/mol. The Balaban J connectivity index is 1.23. The van der Waals surface area contributed by atoms with E-state index in [-0.39, 0.29) is 28.6 Å². The first kappa shape index (κ1) is 16.7. The number of hydrogen-bond donors (Lipinski definition) is 1. The first-order valence-corrected chi connectivity index (χ1v) is 10.2. The summed E-state index contributed by atoms with van der Waals surface area (Å²) < 4.78 is 0. The molecule has 3 atom stereocenters. The third kappa shape index (κ3) is 2.49. The van der Waals surface area contributed by atoms with E-state index in [1.165, 1.54) is 0 Å². The highest BCUT2D eigenvalue weighted by Crippen LogP contribution is 2.78. The summed E-state index contributed by atoms with van der Waals surface area (Å²) in [4.78, 5) is 21.2.